The first-order chi connectivity index (χ1) is 9.24. The number of ether oxygens (including phenoxy) is 1. The summed E-state index contributed by atoms with van der Waals surface area (Å²) in [5.74, 6) is 0.147. The van der Waals surface area contributed by atoms with Gasteiger partial charge in [0.25, 0.3) is 0 Å². The summed E-state index contributed by atoms with van der Waals surface area (Å²) in [6.45, 7) is 0.278. The van der Waals surface area contributed by atoms with Crippen LogP contribution in [0.25, 0.3) is 11.0 Å². The van der Waals surface area contributed by atoms with Crippen LogP contribution in [0.4, 0.5) is 4.39 Å². The molecule has 1 aromatic heterocycles. The first-order valence-corrected chi connectivity index (χ1v) is 6.15. The predicted octanol–water partition coefficient (Wildman–Crippen LogP) is 4.80. The van der Waals surface area contributed by atoms with E-state index in [0.717, 1.165) is 10.9 Å². The summed E-state index contributed by atoms with van der Waals surface area (Å²) in [5.41, 5.74) is 1.55. The summed E-state index contributed by atoms with van der Waals surface area (Å²) in [5, 5.41) is 1.45. The molecule has 0 amide bonds. The van der Waals surface area contributed by atoms with Crippen molar-refractivity contribution in [2.24, 2.45) is 0 Å². The average molecular weight is 277 g/mol. The fraction of sp³-hybridized carbons (Fsp3) is 0.0667. The quantitative estimate of drug-likeness (QED) is 0.685. The van der Waals surface area contributed by atoms with Gasteiger partial charge in [-0.25, -0.2) is 4.39 Å². The van der Waals surface area contributed by atoms with Crippen molar-refractivity contribution in [2.75, 3.05) is 0 Å². The third-order valence-electron chi connectivity index (χ3n) is 2.82. The minimum atomic E-state index is -0.326. The van der Waals surface area contributed by atoms with Crippen LogP contribution in [-0.2, 0) is 6.61 Å². The van der Waals surface area contributed by atoms with Gasteiger partial charge in [0.2, 0.25) is 0 Å². The molecule has 4 heteroatoms. The van der Waals surface area contributed by atoms with E-state index in [4.69, 9.17) is 20.8 Å². The Labute approximate surface area is 114 Å². The average Bonchev–Trinajstić information content (AvgIpc) is 2.81. The van der Waals surface area contributed by atoms with Gasteiger partial charge in [-0.2, -0.15) is 0 Å². The number of rotatable bonds is 3. The topological polar surface area (TPSA) is 22.4 Å². The third kappa shape index (κ3) is 2.42. The molecule has 19 heavy (non-hydrogen) atoms. The van der Waals surface area contributed by atoms with Gasteiger partial charge < -0.3 is 9.15 Å². The smallest absolute Gasteiger partial charge is 0.135 e. The Morgan fingerprint density at radius 2 is 2.00 bits per heavy atom. The van der Waals surface area contributed by atoms with E-state index in [-0.39, 0.29) is 12.4 Å². The Morgan fingerprint density at radius 3 is 2.84 bits per heavy atom. The largest absolute Gasteiger partial charge is 0.489 e. The predicted molar refractivity (Wildman–Crippen MR) is 72.0 cm³/mol. The van der Waals surface area contributed by atoms with Crippen molar-refractivity contribution in [1.82, 2.24) is 0 Å². The Balaban J connectivity index is 1.86. The van der Waals surface area contributed by atoms with E-state index in [1.807, 2.05) is 12.1 Å². The zero-order valence-corrected chi connectivity index (χ0v) is 10.7. The van der Waals surface area contributed by atoms with E-state index < -0.39 is 0 Å². The lowest BCUT2D eigenvalue weighted by atomic mass is 10.2. The zero-order valence-electron chi connectivity index (χ0n) is 9.90. The highest BCUT2D eigenvalue weighted by Crippen LogP contribution is 2.29. The van der Waals surface area contributed by atoms with Gasteiger partial charge in [0.05, 0.1) is 11.3 Å². The lowest BCUT2D eigenvalue weighted by Crippen LogP contribution is -1.94. The van der Waals surface area contributed by atoms with E-state index >= 15 is 0 Å². The minimum Gasteiger partial charge on any atom is -0.489 e. The molecular weight excluding hydrogens is 267 g/mol. The zero-order chi connectivity index (χ0) is 13.2. The summed E-state index contributed by atoms with van der Waals surface area (Å²) in [6.07, 6.45) is 1.61. The van der Waals surface area contributed by atoms with Crippen LogP contribution >= 0.6 is 11.6 Å². The molecule has 2 nitrogen and oxygen atoms in total. The Morgan fingerprint density at radius 1 is 1.16 bits per heavy atom. The molecule has 0 radical (unpaired) electrons. The first-order valence-electron chi connectivity index (χ1n) is 5.77. The first kappa shape index (κ1) is 12.1. The van der Waals surface area contributed by atoms with E-state index in [0.29, 0.717) is 16.4 Å². The molecule has 2 aromatic carbocycles. The number of fused-ring (bicyclic) bond motifs is 1. The maximum atomic E-state index is 13.0. The molecule has 0 aliphatic heterocycles. The number of furan rings is 1. The van der Waals surface area contributed by atoms with Crippen LogP contribution < -0.4 is 4.74 Å². The van der Waals surface area contributed by atoms with Crippen LogP contribution in [0.2, 0.25) is 5.02 Å². The number of benzene rings is 2. The summed E-state index contributed by atoms with van der Waals surface area (Å²) in [7, 11) is 0. The summed E-state index contributed by atoms with van der Waals surface area (Å²) in [6, 6.07) is 11.5. The van der Waals surface area contributed by atoms with E-state index in [9.17, 15) is 4.39 Å². The lowest BCUT2D eigenvalue weighted by Gasteiger charge is -2.05. The monoisotopic (exact) mass is 276 g/mol. The molecular formula is C15H10ClFO2. The van der Waals surface area contributed by atoms with Crippen molar-refractivity contribution in [1.29, 1.82) is 0 Å². The third-order valence-corrected chi connectivity index (χ3v) is 3.13. The molecule has 0 aliphatic carbocycles. The minimum absolute atomic E-state index is 0.278. The van der Waals surface area contributed by atoms with Crippen LogP contribution in [0.15, 0.2) is 53.1 Å². The summed E-state index contributed by atoms with van der Waals surface area (Å²) in [4.78, 5) is 0. The molecule has 0 N–H and O–H groups in total. The van der Waals surface area contributed by atoms with Gasteiger partial charge >= 0.3 is 0 Å². The molecule has 0 bridgehead atoms. The van der Waals surface area contributed by atoms with Crippen LogP contribution in [0.3, 0.4) is 0 Å². The Hall–Kier alpha value is -2.00. The van der Waals surface area contributed by atoms with Crippen molar-refractivity contribution in [3.05, 3.63) is 65.1 Å². The van der Waals surface area contributed by atoms with Crippen molar-refractivity contribution >= 4 is 22.6 Å². The molecule has 0 atom stereocenters. The van der Waals surface area contributed by atoms with Crippen molar-refractivity contribution in [2.45, 2.75) is 6.61 Å². The summed E-state index contributed by atoms with van der Waals surface area (Å²) >= 11 is 6.13. The van der Waals surface area contributed by atoms with Gasteiger partial charge in [-0.3, -0.25) is 0 Å². The summed E-state index contributed by atoms with van der Waals surface area (Å²) < 4.78 is 24.0. The molecule has 0 saturated carbocycles. The van der Waals surface area contributed by atoms with Crippen LogP contribution in [0, 0.1) is 5.82 Å². The van der Waals surface area contributed by atoms with E-state index in [2.05, 4.69) is 0 Å². The molecule has 0 saturated heterocycles. The molecule has 0 unspecified atom stereocenters. The molecule has 96 valence electrons. The van der Waals surface area contributed by atoms with Crippen LogP contribution in [0.1, 0.15) is 5.56 Å². The maximum Gasteiger partial charge on any atom is 0.135 e. The van der Waals surface area contributed by atoms with E-state index in [1.165, 1.54) is 12.1 Å². The number of halogens is 2. The Bertz CT molecular complexity index is 721. The highest BCUT2D eigenvalue weighted by atomic mass is 35.5. The molecule has 0 spiro atoms. The molecule has 1 heterocycles. The van der Waals surface area contributed by atoms with E-state index in [1.54, 1.807) is 24.5 Å². The fourth-order valence-corrected chi connectivity index (χ4v) is 2.22. The standard InChI is InChI=1S/C15H10ClFO2/c16-13-5-2-6-14-15(13)10(9-19-14)8-18-12-4-1-3-11(17)7-12/h1-7,9H,8H2. The van der Waals surface area contributed by atoms with Crippen LogP contribution in [-0.4, -0.2) is 0 Å². The maximum absolute atomic E-state index is 13.0. The second kappa shape index (κ2) is 4.94. The van der Waals surface area contributed by atoms with Crippen LogP contribution in [0.5, 0.6) is 5.75 Å². The van der Waals surface area contributed by atoms with Gasteiger partial charge in [0.1, 0.15) is 23.8 Å². The number of hydrogen-bond donors (Lipinski definition) is 0. The molecule has 3 aromatic rings. The molecule has 3 rings (SSSR count). The van der Waals surface area contributed by atoms with Gasteiger partial charge in [0, 0.05) is 17.0 Å². The van der Waals surface area contributed by atoms with Gasteiger partial charge in [-0.1, -0.05) is 23.7 Å². The SMILES string of the molecule is Fc1cccc(OCc2coc3cccc(Cl)c23)c1. The molecule has 0 aliphatic rings. The Kier molecular flexibility index (Phi) is 3.13. The van der Waals surface area contributed by atoms with Gasteiger partial charge in [-0.05, 0) is 24.3 Å². The lowest BCUT2D eigenvalue weighted by molar-refractivity contribution is 0.304. The highest BCUT2D eigenvalue weighted by Gasteiger charge is 2.09. The molecule has 0 fully saturated rings. The fourth-order valence-electron chi connectivity index (χ4n) is 1.93. The normalized spacial score (nSPS) is 10.8. The second-order valence-corrected chi connectivity index (χ2v) is 4.53. The highest BCUT2D eigenvalue weighted by molar-refractivity contribution is 6.35. The van der Waals surface area contributed by atoms with Crippen molar-refractivity contribution in [3.63, 3.8) is 0 Å². The number of hydrogen-bond acceptors (Lipinski definition) is 2. The van der Waals surface area contributed by atoms with Gasteiger partial charge in [-0.15, -0.1) is 0 Å². The van der Waals surface area contributed by atoms with Crippen molar-refractivity contribution < 1.29 is 13.5 Å². The second-order valence-electron chi connectivity index (χ2n) is 4.12. The van der Waals surface area contributed by atoms with Crippen molar-refractivity contribution in [3.8, 4) is 5.75 Å². The van der Waals surface area contributed by atoms with Gasteiger partial charge in [0.15, 0.2) is 0 Å².